The van der Waals surface area contributed by atoms with Gasteiger partial charge in [-0.3, -0.25) is 0 Å². The molecule has 0 spiro atoms. The van der Waals surface area contributed by atoms with Crippen molar-refractivity contribution in [2.45, 2.75) is 50.2 Å². The number of benzene rings is 1. The van der Waals surface area contributed by atoms with Gasteiger partial charge >= 0.3 is 0 Å². The lowest BCUT2D eigenvalue weighted by atomic mass is 9.77. The second-order valence-electron chi connectivity index (χ2n) is 7.91. The lowest BCUT2D eigenvalue weighted by molar-refractivity contribution is 0.320. The number of tetrazole rings is 1. The van der Waals surface area contributed by atoms with Crippen LogP contribution < -0.4 is 0 Å². The van der Waals surface area contributed by atoms with Crippen LogP contribution in [0.25, 0.3) is 15.9 Å². The third-order valence-electron chi connectivity index (χ3n) is 5.13. The van der Waals surface area contributed by atoms with E-state index in [0.717, 1.165) is 34.2 Å². The van der Waals surface area contributed by atoms with Gasteiger partial charge in [-0.25, -0.2) is 9.97 Å². The van der Waals surface area contributed by atoms with Gasteiger partial charge in [0.05, 0.1) is 5.69 Å². The summed E-state index contributed by atoms with van der Waals surface area (Å²) in [5.41, 5.74) is 2.70. The molecule has 3 aromatic heterocycles. The van der Waals surface area contributed by atoms with Crippen LogP contribution in [0.2, 0.25) is 0 Å². The van der Waals surface area contributed by atoms with Crippen molar-refractivity contribution in [1.29, 1.82) is 0 Å². The molecule has 0 atom stereocenters. The second kappa shape index (κ2) is 6.63. The SMILES string of the molecule is Cc1nc(Sc2nnnn2-c2ccccc2)c2c3c(sc2n1)CC(C)(C)CC3. The molecule has 8 heteroatoms. The molecule has 142 valence electrons. The van der Waals surface area contributed by atoms with Crippen LogP contribution in [0.3, 0.4) is 0 Å². The van der Waals surface area contributed by atoms with E-state index in [2.05, 4.69) is 29.4 Å². The molecule has 1 aliphatic rings. The molecule has 0 unspecified atom stereocenters. The van der Waals surface area contributed by atoms with E-state index < -0.39 is 0 Å². The average Bonchev–Trinajstić information content (AvgIpc) is 3.25. The molecule has 28 heavy (non-hydrogen) atoms. The second-order valence-corrected chi connectivity index (χ2v) is 9.95. The van der Waals surface area contributed by atoms with Crippen LogP contribution in [0.15, 0.2) is 40.5 Å². The highest BCUT2D eigenvalue weighted by Gasteiger charge is 2.30. The third-order valence-corrected chi connectivity index (χ3v) is 7.18. The predicted octanol–water partition coefficient (Wildman–Crippen LogP) is 4.64. The minimum absolute atomic E-state index is 0.348. The molecular weight excluding hydrogens is 388 g/mol. The van der Waals surface area contributed by atoms with Crippen molar-refractivity contribution in [3.63, 3.8) is 0 Å². The summed E-state index contributed by atoms with van der Waals surface area (Å²) < 4.78 is 1.76. The fourth-order valence-electron chi connectivity index (χ4n) is 3.70. The van der Waals surface area contributed by atoms with Crippen LogP contribution in [0.1, 0.15) is 36.5 Å². The van der Waals surface area contributed by atoms with Crippen molar-refractivity contribution in [1.82, 2.24) is 30.2 Å². The van der Waals surface area contributed by atoms with Gasteiger partial charge in [-0.1, -0.05) is 32.0 Å². The number of rotatable bonds is 3. The monoisotopic (exact) mass is 408 g/mol. The van der Waals surface area contributed by atoms with Crippen molar-refractivity contribution in [3.05, 3.63) is 46.6 Å². The fourth-order valence-corrected chi connectivity index (χ4v) is 6.27. The zero-order chi connectivity index (χ0) is 19.3. The van der Waals surface area contributed by atoms with E-state index >= 15 is 0 Å². The highest BCUT2D eigenvalue weighted by molar-refractivity contribution is 7.99. The van der Waals surface area contributed by atoms with Gasteiger partial charge in [0.15, 0.2) is 0 Å². The van der Waals surface area contributed by atoms with Gasteiger partial charge in [0, 0.05) is 10.3 Å². The summed E-state index contributed by atoms with van der Waals surface area (Å²) in [4.78, 5) is 12.0. The summed E-state index contributed by atoms with van der Waals surface area (Å²) >= 11 is 3.34. The number of nitrogens with zero attached hydrogens (tertiary/aromatic N) is 6. The summed E-state index contributed by atoms with van der Waals surface area (Å²) in [7, 11) is 0. The van der Waals surface area contributed by atoms with Gasteiger partial charge in [0.1, 0.15) is 15.7 Å². The van der Waals surface area contributed by atoms with E-state index in [9.17, 15) is 0 Å². The zero-order valence-corrected chi connectivity index (χ0v) is 17.6. The van der Waals surface area contributed by atoms with Gasteiger partial charge in [0.2, 0.25) is 5.16 Å². The van der Waals surface area contributed by atoms with Crippen molar-refractivity contribution in [3.8, 4) is 5.69 Å². The maximum atomic E-state index is 4.78. The Morgan fingerprint density at radius 2 is 1.96 bits per heavy atom. The van der Waals surface area contributed by atoms with Gasteiger partial charge < -0.3 is 0 Å². The van der Waals surface area contributed by atoms with Crippen molar-refractivity contribution in [2.24, 2.45) is 5.41 Å². The first-order valence-electron chi connectivity index (χ1n) is 9.31. The predicted molar refractivity (Wildman–Crippen MR) is 111 cm³/mol. The molecule has 3 heterocycles. The summed E-state index contributed by atoms with van der Waals surface area (Å²) in [6.07, 6.45) is 3.37. The van der Waals surface area contributed by atoms with Crippen LogP contribution in [-0.2, 0) is 12.8 Å². The standard InChI is InChI=1S/C20H20N6S2/c1-12-21-17-16(14-9-10-20(2,3)11-15(14)27-17)18(22-12)28-19-23-24-25-26(19)13-7-5-4-6-8-13/h4-8H,9-11H2,1-3H3. The van der Waals surface area contributed by atoms with Crippen LogP contribution in [-0.4, -0.2) is 30.2 Å². The number of hydrogen-bond acceptors (Lipinski definition) is 7. The fraction of sp³-hybridized carbons (Fsp3) is 0.350. The maximum Gasteiger partial charge on any atom is 0.220 e. The van der Waals surface area contributed by atoms with E-state index in [0.29, 0.717) is 10.6 Å². The van der Waals surface area contributed by atoms with Crippen LogP contribution >= 0.6 is 23.1 Å². The maximum absolute atomic E-state index is 4.78. The van der Waals surface area contributed by atoms with Gasteiger partial charge in [-0.05, 0) is 71.5 Å². The first-order chi connectivity index (χ1) is 13.5. The Morgan fingerprint density at radius 3 is 2.79 bits per heavy atom. The molecule has 5 rings (SSSR count). The summed E-state index contributed by atoms with van der Waals surface area (Å²) in [5, 5.41) is 15.2. The lowest BCUT2D eigenvalue weighted by Crippen LogP contribution is -2.20. The normalized spacial score (nSPS) is 15.7. The Bertz CT molecular complexity index is 1160. The molecule has 0 bridgehead atoms. The van der Waals surface area contributed by atoms with Crippen LogP contribution in [0, 0.1) is 12.3 Å². The molecule has 0 fully saturated rings. The van der Waals surface area contributed by atoms with Crippen LogP contribution in [0.5, 0.6) is 0 Å². The Balaban J connectivity index is 1.61. The van der Waals surface area contributed by atoms with Gasteiger partial charge in [-0.2, -0.15) is 4.68 Å². The largest absolute Gasteiger partial charge is 0.226 e. The topological polar surface area (TPSA) is 69.4 Å². The van der Waals surface area contributed by atoms with E-state index in [4.69, 9.17) is 9.97 Å². The molecule has 1 aromatic carbocycles. The molecule has 0 N–H and O–H groups in total. The number of fused-ring (bicyclic) bond motifs is 3. The van der Waals surface area contributed by atoms with E-state index in [1.54, 1.807) is 4.68 Å². The molecular formula is C20H20N6S2. The van der Waals surface area contributed by atoms with Crippen molar-refractivity contribution < 1.29 is 0 Å². The number of aromatic nitrogens is 6. The Labute approximate surface area is 171 Å². The van der Waals surface area contributed by atoms with Gasteiger partial charge in [0.25, 0.3) is 0 Å². The number of aryl methyl sites for hydroxylation is 2. The Kier molecular flexibility index (Phi) is 4.21. The van der Waals surface area contributed by atoms with E-state index in [-0.39, 0.29) is 0 Å². The summed E-state index contributed by atoms with van der Waals surface area (Å²) in [6.45, 7) is 6.65. The summed E-state index contributed by atoms with van der Waals surface area (Å²) in [5.74, 6) is 0.784. The molecule has 4 aromatic rings. The molecule has 6 nitrogen and oxygen atoms in total. The van der Waals surface area contributed by atoms with Gasteiger partial charge in [-0.15, -0.1) is 16.4 Å². The number of hydrogen-bond donors (Lipinski definition) is 0. The third kappa shape index (κ3) is 3.10. The lowest BCUT2D eigenvalue weighted by Gasteiger charge is -2.29. The number of thiophene rings is 1. The smallest absolute Gasteiger partial charge is 0.220 e. The minimum Gasteiger partial charge on any atom is -0.226 e. The molecule has 0 saturated heterocycles. The molecule has 0 saturated carbocycles. The quantitative estimate of drug-likeness (QED) is 0.460. The van der Waals surface area contributed by atoms with Crippen LogP contribution in [0.4, 0.5) is 0 Å². The Morgan fingerprint density at radius 1 is 1.14 bits per heavy atom. The molecule has 0 aliphatic heterocycles. The van der Waals surface area contributed by atoms with Crippen molar-refractivity contribution in [2.75, 3.05) is 0 Å². The van der Waals surface area contributed by atoms with E-state index in [1.165, 1.54) is 34.0 Å². The summed E-state index contributed by atoms with van der Waals surface area (Å²) in [6, 6.07) is 9.94. The Hall–Kier alpha value is -2.32. The highest BCUT2D eigenvalue weighted by atomic mass is 32.2. The first kappa shape index (κ1) is 17.8. The molecule has 0 amide bonds. The van der Waals surface area contributed by atoms with Crippen molar-refractivity contribution >= 4 is 33.3 Å². The highest BCUT2D eigenvalue weighted by Crippen LogP contribution is 2.45. The van der Waals surface area contributed by atoms with E-state index in [1.807, 2.05) is 48.6 Å². The molecule has 0 radical (unpaired) electrons. The zero-order valence-electron chi connectivity index (χ0n) is 16.0. The minimum atomic E-state index is 0.348. The average molecular weight is 409 g/mol. The number of para-hydroxylation sites is 1. The molecule has 1 aliphatic carbocycles. The first-order valence-corrected chi connectivity index (χ1v) is 10.9.